The smallest absolute Gasteiger partial charge is 0.273 e. The summed E-state index contributed by atoms with van der Waals surface area (Å²) in [4.78, 5) is 12.2. The molecule has 0 saturated carbocycles. The molecule has 1 amide bonds. The maximum absolute atomic E-state index is 12.2. The third kappa shape index (κ3) is 3.71. The predicted octanol–water partition coefficient (Wildman–Crippen LogP) is 2.73. The van der Waals surface area contributed by atoms with Crippen molar-refractivity contribution in [2.45, 2.75) is 25.8 Å². The van der Waals surface area contributed by atoms with Crippen molar-refractivity contribution in [3.05, 3.63) is 51.8 Å². The Bertz CT molecular complexity index is 609. The summed E-state index contributed by atoms with van der Waals surface area (Å²) in [5, 5.41) is 9.76. The summed E-state index contributed by atoms with van der Waals surface area (Å²) in [5.74, 6) is 0.0245. The molecule has 2 rings (SSSR count). The summed E-state index contributed by atoms with van der Waals surface area (Å²) < 4.78 is 0.711. The number of aromatic nitrogens is 2. The number of carbonyl (C=O) groups is 1. The lowest BCUT2D eigenvalue weighted by atomic mass is 10.1. The van der Waals surface area contributed by atoms with Crippen LogP contribution in [0.25, 0.3) is 0 Å². The minimum Gasteiger partial charge on any atom is -0.349 e. The number of halogens is 1. The normalized spacial score (nSPS) is 12.4. The number of hydrogen-bond acceptors (Lipinski definition) is 3. The second-order valence-electron chi connectivity index (χ2n) is 5.18. The number of nitrogens with two attached hydrogens (primary N) is 1. The van der Waals surface area contributed by atoms with Gasteiger partial charge in [-0.1, -0.05) is 44.2 Å². The third-order valence-corrected chi connectivity index (χ3v) is 4.04. The van der Waals surface area contributed by atoms with Crippen LogP contribution < -0.4 is 11.1 Å². The van der Waals surface area contributed by atoms with Gasteiger partial charge in [-0.05, 0) is 27.4 Å². The third-order valence-electron chi connectivity index (χ3n) is 3.24. The summed E-state index contributed by atoms with van der Waals surface area (Å²) in [6, 6.07) is 9.43. The van der Waals surface area contributed by atoms with Gasteiger partial charge in [-0.25, -0.2) is 0 Å². The molecule has 0 bridgehead atoms. The van der Waals surface area contributed by atoms with Gasteiger partial charge in [-0.3, -0.25) is 9.89 Å². The lowest BCUT2D eigenvalue weighted by Crippen LogP contribution is -2.32. The molecule has 1 aromatic carbocycles. The molecule has 112 valence electrons. The van der Waals surface area contributed by atoms with E-state index >= 15 is 0 Å². The van der Waals surface area contributed by atoms with Crippen molar-refractivity contribution < 1.29 is 4.79 Å². The zero-order valence-corrected chi connectivity index (χ0v) is 13.6. The van der Waals surface area contributed by atoms with Gasteiger partial charge in [0.2, 0.25) is 0 Å². The van der Waals surface area contributed by atoms with E-state index in [0.29, 0.717) is 16.7 Å². The quantitative estimate of drug-likeness (QED) is 0.774. The number of amides is 1. The van der Waals surface area contributed by atoms with Crippen LogP contribution in [0.1, 0.15) is 47.6 Å². The lowest BCUT2D eigenvalue weighted by Gasteiger charge is -2.12. The molecule has 4 N–H and O–H groups in total. The minimum absolute atomic E-state index is 0.238. The minimum atomic E-state index is -0.239. The highest BCUT2D eigenvalue weighted by molar-refractivity contribution is 9.10. The first-order chi connectivity index (χ1) is 10.0. The van der Waals surface area contributed by atoms with E-state index in [9.17, 15) is 4.79 Å². The summed E-state index contributed by atoms with van der Waals surface area (Å²) in [6.07, 6.45) is 0. The molecule has 0 radical (unpaired) electrons. The molecular weight excluding hydrogens is 332 g/mol. The molecule has 1 atom stereocenters. The van der Waals surface area contributed by atoms with Crippen molar-refractivity contribution in [1.29, 1.82) is 0 Å². The summed E-state index contributed by atoms with van der Waals surface area (Å²) in [6.45, 7) is 4.43. The zero-order valence-electron chi connectivity index (χ0n) is 12.1. The Hall–Kier alpha value is -1.66. The standard InChI is InChI=1S/C15H19BrN4O/c1-9(2)13-12(16)14(20-19-13)15(21)18-8-11(17)10-6-4-3-5-7-10/h3-7,9,11H,8,17H2,1-2H3,(H,18,21)(H,19,20). The van der Waals surface area contributed by atoms with Gasteiger partial charge in [-0.15, -0.1) is 0 Å². The number of hydrogen-bond donors (Lipinski definition) is 3. The molecule has 6 heteroatoms. The van der Waals surface area contributed by atoms with Crippen molar-refractivity contribution >= 4 is 21.8 Å². The summed E-state index contributed by atoms with van der Waals surface area (Å²) >= 11 is 3.42. The zero-order chi connectivity index (χ0) is 15.4. The van der Waals surface area contributed by atoms with Crippen molar-refractivity contribution in [1.82, 2.24) is 15.5 Å². The molecule has 1 unspecified atom stereocenters. The molecule has 5 nitrogen and oxygen atoms in total. The Balaban J connectivity index is 1.99. The monoisotopic (exact) mass is 350 g/mol. The molecule has 1 aromatic heterocycles. The Kier molecular flexibility index (Phi) is 5.14. The lowest BCUT2D eigenvalue weighted by molar-refractivity contribution is 0.0945. The molecule has 2 aromatic rings. The van der Waals surface area contributed by atoms with Gasteiger partial charge in [0.1, 0.15) is 0 Å². The first-order valence-corrected chi connectivity index (χ1v) is 7.62. The van der Waals surface area contributed by atoms with E-state index in [-0.39, 0.29) is 17.9 Å². The Morgan fingerprint density at radius 3 is 2.62 bits per heavy atom. The van der Waals surface area contributed by atoms with Gasteiger partial charge in [0, 0.05) is 12.6 Å². The molecule has 0 spiro atoms. The molecule has 0 aliphatic carbocycles. The Labute approximate surface area is 132 Å². The Morgan fingerprint density at radius 1 is 1.38 bits per heavy atom. The first kappa shape index (κ1) is 15.7. The van der Waals surface area contributed by atoms with E-state index in [1.54, 1.807) is 0 Å². The highest BCUT2D eigenvalue weighted by Gasteiger charge is 2.19. The van der Waals surface area contributed by atoms with E-state index in [4.69, 9.17) is 5.73 Å². The van der Waals surface area contributed by atoms with Crippen LogP contribution in [0, 0.1) is 0 Å². The van der Waals surface area contributed by atoms with E-state index in [1.165, 1.54) is 0 Å². The maximum atomic E-state index is 12.2. The SMILES string of the molecule is CC(C)c1[nH]nc(C(=O)NCC(N)c2ccccc2)c1Br. The summed E-state index contributed by atoms with van der Waals surface area (Å²) in [5.41, 5.74) is 8.32. The topological polar surface area (TPSA) is 83.8 Å². The fourth-order valence-electron chi connectivity index (χ4n) is 1.98. The van der Waals surface area contributed by atoms with Crippen molar-refractivity contribution in [3.8, 4) is 0 Å². The van der Waals surface area contributed by atoms with Crippen LogP contribution in [-0.4, -0.2) is 22.6 Å². The van der Waals surface area contributed by atoms with Crippen LogP contribution in [0.4, 0.5) is 0 Å². The van der Waals surface area contributed by atoms with E-state index in [1.807, 2.05) is 44.2 Å². The number of nitrogens with one attached hydrogen (secondary N) is 2. The fourth-order valence-corrected chi connectivity index (χ4v) is 2.79. The van der Waals surface area contributed by atoms with Crippen LogP contribution in [0.2, 0.25) is 0 Å². The average molecular weight is 351 g/mol. The molecule has 21 heavy (non-hydrogen) atoms. The molecule has 0 saturated heterocycles. The number of benzene rings is 1. The van der Waals surface area contributed by atoms with E-state index in [2.05, 4.69) is 31.4 Å². The van der Waals surface area contributed by atoms with Gasteiger partial charge in [0.05, 0.1) is 10.2 Å². The van der Waals surface area contributed by atoms with Gasteiger partial charge >= 0.3 is 0 Å². The second-order valence-corrected chi connectivity index (χ2v) is 5.97. The largest absolute Gasteiger partial charge is 0.349 e. The van der Waals surface area contributed by atoms with Gasteiger partial charge in [-0.2, -0.15) is 5.10 Å². The Morgan fingerprint density at radius 2 is 2.05 bits per heavy atom. The van der Waals surface area contributed by atoms with E-state index in [0.717, 1.165) is 11.3 Å². The fraction of sp³-hybridized carbons (Fsp3) is 0.333. The van der Waals surface area contributed by atoms with Gasteiger partial charge in [0.15, 0.2) is 5.69 Å². The molecule has 1 heterocycles. The van der Waals surface area contributed by atoms with Crippen LogP contribution in [0.3, 0.4) is 0 Å². The number of aromatic amines is 1. The number of carbonyl (C=O) groups excluding carboxylic acids is 1. The van der Waals surface area contributed by atoms with Crippen molar-refractivity contribution in [2.24, 2.45) is 5.73 Å². The molecule has 0 aliphatic rings. The van der Waals surface area contributed by atoms with Crippen LogP contribution in [0.5, 0.6) is 0 Å². The number of rotatable bonds is 5. The number of nitrogens with zero attached hydrogens (tertiary/aromatic N) is 1. The first-order valence-electron chi connectivity index (χ1n) is 6.83. The molecular formula is C15H19BrN4O. The van der Waals surface area contributed by atoms with E-state index < -0.39 is 0 Å². The average Bonchev–Trinajstić information content (AvgIpc) is 2.87. The maximum Gasteiger partial charge on any atom is 0.273 e. The number of H-pyrrole nitrogens is 1. The molecule has 0 aliphatic heterocycles. The van der Waals surface area contributed by atoms with Crippen LogP contribution in [0.15, 0.2) is 34.8 Å². The van der Waals surface area contributed by atoms with Crippen LogP contribution in [-0.2, 0) is 0 Å². The molecule has 0 fully saturated rings. The van der Waals surface area contributed by atoms with Gasteiger partial charge in [0.25, 0.3) is 5.91 Å². The second kappa shape index (κ2) is 6.87. The van der Waals surface area contributed by atoms with Crippen LogP contribution >= 0.6 is 15.9 Å². The highest BCUT2D eigenvalue weighted by Crippen LogP contribution is 2.25. The predicted molar refractivity (Wildman–Crippen MR) is 86.1 cm³/mol. The van der Waals surface area contributed by atoms with Crippen molar-refractivity contribution in [2.75, 3.05) is 6.54 Å². The highest BCUT2D eigenvalue weighted by atomic mass is 79.9. The van der Waals surface area contributed by atoms with Gasteiger partial charge < -0.3 is 11.1 Å². The van der Waals surface area contributed by atoms with Crippen molar-refractivity contribution in [3.63, 3.8) is 0 Å². The summed E-state index contributed by atoms with van der Waals surface area (Å²) in [7, 11) is 0.